The fourth-order valence-electron chi connectivity index (χ4n) is 2.10. The summed E-state index contributed by atoms with van der Waals surface area (Å²) >= 11 is 3.18. The first-order valence-corrected chi connectivity index (χ1v) is 6.79. The fourth-order valence-corrected chi connectivity index (χ4v) is 2.40. The Kier molecular flexibility index (Phi) is 4.36. The smallest absolute Gasteiger partial charge is 0.246 e. The summed E-state index contributed by atoms with van der Waals surface area (Å²) in [7, 11) is 3.39. The summed E-state index contributed by atoms with van der Waals surface area (Å²) in [4.78, 5) is 19.5. The number of amides is 1. The first-order chi connectivity index (χ1) is 9.00. The summed E-state index contributed by atoms with van der Waals surface area (Å²) in [6, 6.07) is 0.939. The van der Waals surface area contributed by atoms with Gasteiger partial charge in [0.1, 0.15) is 6.04 Å². The number of likely N-dealkylation sites (N-methyl/N-ethyl adjacent to an activating group) is 1. The molecule has 0 aliphatic carbocycles. The van der Waals surface area contributed by atoms with Crippen molar-refractivity contribution in [3.8, 4) is 0 Å². The Bertz CT molecular complexity index is 483. The third kappa shape index (κ3) is 3.03. The summed E-state index contributed by atoms with van der Waals surface area (Å²) in [5.41, 5.74) is 0. The highest BCUT2D eigenvalue weighted by atomic mass is 79.9. The minimum Gasteiger partial charge on any atom is -0.347 e. The third-order valence-electron chi connectivity index (χ3n) is 3.03. The van der Waals surface area contributed by atoms with Crippen LogP contribution >= 0.6 is 15.9 Å². The van der Waals surface area contributed by atoms with Crippen LogP contribution in [0.2, 0.25) is 0 Å². The maximum absolute atomic E-state index is 14.0. The van der Waals surface area contributed by atoms with Crippen LogP contribution in [0, 0.1) is 5.82 Å². The lowest BCUT2D eigenvalue weighted by atomic mass is 10.1. The molecule has 2 rings (SSSR count). The van der Waals surface area contributed by atoms with Gasteiger partial charge in [0.15, 0.2) is 11.6 Å². The molecule has 1 aliphatic rings. The first-order valence-electron chi connectivity index (χ1n) is 6.00. The molecule has 1 fully saturated rings. The van der Waals surface area contributed by atoms with Crippen molar-refractivity contribution in [1.82, 2.24) is 15.2 Å². The van der Waals surface area contributed by atoms with Crippen LogP contribution in [0.15, 0.2) is 16.7 Å². The van der Waals surface area contributed by atoms with Gasteiger partial charge in [0.05, 0.1) is 0 Å². The molecule has 1 atom stereocenters. The minimum absolute atomic E-state index is 0.0590. The first kappa shape index (κ1) is 14.2. The van der Waals surface area contributed by atoms with Crippen molar-refractivity contribution < 1.29 is 9.18 Å². The molecule has 0 spiro atoms. The van der Waals surface area contributed by atoms with Crippen molar-refractivity contribution in [3.63, 3.8) is 0 Å². The number of carbonyl (C=O) groups is 1. The maximum Gasteiger partial charge on any atom is 0.246 e. The van der Waals surface area contributed by atoms with E-state index >= 15 is 0 Å². The third-order valence-corrected chi connectivity index (χ3v) is 3.46. The van der Waals surface area contributed by atoms with Gasteiger partial charge < -0.3 is 15.1 Å². The van der Waals surface area contributed by atoms with Gasteiger partial charge in [0, 0.05) is 44.4 Å². The van der Waals surface area contributed by atoms with Gasteiger partial charge in [-0.3, -0.25) is 4.79 Å². The zero-order valence-electron chi connectivity index (χ0n) is 10.9. The molecular weight excluding hydrogens is 315 g/mol. The predicted molar refractivity (Wildman–Crippen MR) is 74.6 cm³/mol. The summed E-state index contributed by atoms with van der Waals surface area (Å²) < 4.78 is 14.6. The molecule has 7 heteroatoms. The van der Waals surface area contributed by atoms with E-state index in [0.717, 1.165) is 0 Å². The molecule has 1 amide bonds. The average molecular weight is 331 g/mol. The van der Waals surface area contributed by atoms with Crippen molar-refractivity contribution in [1.29, 1.82) is 0 Å². The van der Waals surface area contributed by atoms with E-state index in [0.29, 0.717) is 24.1 Å². The van der Waals surface area contributed by atoms with Crippen LogP contribution in [-0.2, 0) is 4.79 Å². The molecule has 1 N–H and O–H groups in total. The van der Waals surface area contributed by atoms with E-state index < -0.39 is 11.9 Å². The molecule has 19 heavy (non-hydrogen) atoms. The second-order valence-electron chi connectivity index (χ2n) is 4.60. The van der Waals surface area contributed by atoms with Crippen molar-refractivity contribution in [2.45, 2.75) is 6.04 Å². The quantitative estimate of drug-likeness (QED) is 0.873. The van der Waals surface area contributed by atoms with Gasteiger partial charge in [-0.05, 0) is 22.0 Å². The van der Waals surface area contributed by atoms with Crippen LogP contribution in [0.3, 0.4) is 0 Å². The fraction of sp³-hybridized carbons (Fsp3) is 0.500. The summed E-state index contributed by atoms with van der Waals surface area (Å²) in [6.07, 6.45) is 1.54. The van der Waals surface area contributed by atoms with Crippen LogP contribution < -0.4 is 10.2 Å². The molecule has 2 heterocycles. The highest BCUT2D eigenvalue weighted by molar-refractivity contribution is 9.10. The Morgan fingerprint density at radius 1 is 1.63 bits per heavy atom. The molecule has 1 saturated heterocycles. The van der Waals surface area contributed by atoms with E-state index in [2.05, 4.69) is 26.2 Å². The summed E-state index contributed by atoms with van der Waals surface area (Å²) in [5, 5.41) is 3.15. The zero-order valence-corrected chi connectivity index (χ0v) is 12.4. The molecule has 1 aromatic heterocycles. The van der Waals surface area contributed by atoms with Gasteiger partial charge in [0.25, 0.3) is 0 Å². The standard InChI is InChI=1S/C12H16BrFN4O/c1-17(2)12(19)10-7-15-3-4-18(10)11-9(14)5-8(13)6-16-11/h5-6,10,15H,3-4,7H2,1-2H3. The maximum atomic E-state index is 14.0. The second kappa shape index (κ2) is 5.83. The number of hydrogen-bond donors (Lipinski definition) is 1. The van der Waals surface area contributed by atoms with Crippen LogP contribution in [0.5, 0.6) is 0 Å². The Hall–Kier alpha value is -1.21. The van der Waals surface area contributed by atoms with E-state index in [-0.39, 0.29) is 11.7 Å². The number of piperazine rings is 1. The molecule has 1 aromatic rings. The van der Waals surface area contributed by atoms with Crippen molar-refractivity contribution in [2.75, 3.05) is 38.6 Å². The Labute approximate surface area is 119 Å². The molecule has 5 nitrogen and oxygen atoms in total. The monoisotopic (exact) mass is 330 g/mol. The van der Waals surface area contributed by atoms with Crippen LogP contribution in [0.4, 0.5) is 10.2 Å². The molecular formula is C12H16BrFN4O. The lowest BCUT2D eigenvalue weighted by Gasteiger charge is -2.37. The number of anilines is 1. The lowest BCUT2D eigenvalue weighted by molar-refractivity contribution is -0.130. The van der Waals surface area contributed by atoms with Gasteiger partial charge in [0.2, 0.25) is 5.91 Å². The average Bonchev–Trinajstić information content (AvgIpc) is 2.38. The molecule has 0 radical (unpaired) electrons. The van der Waals surface area contributed by atoms with Crippen LogP contribution in [-0.4, -0.2) is 55.6 Å². The van der Waals surface area contributed by atoms with Crippen molar-refractivity contribution >= 4 is 27.7 Å². The normalized spacial score (nSPS) is 19.4. The predicted octanol–water partition coefficient (Wildman–Crippen LogP) is 0.850. The van der Waals surface area contributed by atoms with E-state index in [1.807, 2.05) is 0 Å². The van der Waals surface area contributed by atoms with Gasteiger partial charge in [-0.2, -0.15) is 0 Å². The highest BCUT2D eigenvalue weighted by Crippen LogP contribution is 2.23. The molecule has 0 saturated carbocycles. The number of hydrogen-bond acceptors (Lipinski definition) is 4. The van der Waals surface area contributed by atoms with Gasteiger partial charge >= 0.3 is 0 Å². The lowest BCUT2D eigenvalue weighted by Crippen LogP contribution is -2.58. The topological polar surface area (TPSA) is 48.5 Å². The van der Waals surface area contributed by atoms with Crippen molar-refractivity contribution in [3.05, 3.63) is 22.6 Å². The number of rotatable bonds is 2. The van der Waals surface area contributed by atoms with E-state index in [9.17, 15) is 9.18 Å². The van der Waals surface area contributed by atoms with E-state index in [1.165, 1.54) is 17.2 Å². The minimum atomic E-state index is -0.424. The number of aromatic nitrogens is 1. The molecule has 104 valence electrons. The number of carbonyl (C=O) groups excluding carboxylic acids is 1. The SMILES string of the molecule is CN(C)C(=O)C1CNCCN1c1ncc(Br)cc1F. The summed E-state index contributed by atoms with van der Waals surface area (Å²) in [5.74, 6) is -0.256. The van der Waals surface area contributed by atoms with E-state index in [1.54, 1.807) is 19.0 Å². The molecule has 0 bridgehead atoms. The molecule has 0 aromatic carbocycles. The Morgan fingerprint density at radius 2 is 2.37 bits per heavy atom. The number of nitrogens with zero attached hydrogens (tertiary/aromatic N) is 3. The Balaban J connectivity index is 2.31. The van der Waals surface area contributed by atoms with Gasteiger partial charge in [-0.1, -0.05) is 0 Å². The van der Waals surface area contributed by atoms with Gasteiger partial charge in [-0.15, -0.1) is 0 Å². The number of pyridine rings is 1. The van der Waals surface area contributed by atoms with E-state index in [4.69, 9.17) is 0 Å². The second-order valence-corrected chi connectivity index (χ2v) is 5.52. The van der Waals surface area contributed by atoms with Crippen molar-refractivity contribution in [2.24, 2.45) is 0 Å². The molecule has 1 aliphatic heterocycles. The largest absolute Gasteiger partial charge is 0.347 e. The zero-order chi connectivity index (χ0) is 14.0. The van der Waals surface area contributed by atoms with Gasteiger partial charge in [-0.25, -0.2) is 9.37 Å². The summed E-state index contributed by atoms with van der Waals surface area (Å²) in [6.45, 7) is 1.75. The molecule has 1 unspecified atom stereocenters. The number of nitrogens with one attached hydrogen (secondary N) is 1. The Morgan fingerprint density at radius 3 is 3.00 bits per heavy atom. The van der Waals surface area contributed by atoms with Crippen LogP contribution in [0.25, 0.3) is 0 Å². The van der Waals surface area contributed by atoms with Crippen LogP contribution in [0.1, 0.15) is 0 Å². The highest BCUT2D eigenvalue weighted by Gasteiger charge is 2.32. The number of halogens is 2.